The lowest BCUT2D eigenvalue weighted by molar-refractivity contribution is 0.163. The van der Waals surface area contributed by atoms with Gasteiger partial charge in [-0.15, -0.1) is 0 Å². The van der Waals surface area contributed by atoms with E-state index in [-0.39, 0.29) is 0 Å². The van der Waals surface area contributed by atoms with Gasteiger partial charge in [0.1, 0.15) is 6.07 Å². The van der Waals surface area contributed by atoms with Gasteiger partial charge in [0.15, 0.2) is 0 Å². The summed E-state index contributed by atoms with van der Waals surface area (Å²) in [5.41, 5.74) is 1.67. The highest BCUT2D eigenvalue weighted by atomic mass is 79.9. The van der Waals surface area contributed by atoms with E-state index in [9.17, 15) is 0 Å². The van der Waals surface area contributed by atoms with E-state index >= 15 is 0 Å². The maximum atomic E-state index is 8.82. The smallest absolute Gasteiger partial charge is 0.100 e. The van der Waals surface area contributed by atoms with Gasteiger partial charge in [-0.3, -0.25) is 0 Å². The van der Waals surface area contributed by atoms with Crippen LogP contribution < -0.4 is 5.32 Å². The van der Waals surface area contributed by atoms with Crippen LogP contribution in [0.3, 0.4) is 0 Å². The fraction of sp³-hybridized carbons (Fsp3) is 0.462. The van der Waals surface area contributed by atoms with Crippen LogP contribution in [0.2, 0.25) is 0 Å². The van der Waals surface area contributed by atoms with Crippen LogP contribution in [-0.2, 0) is 4.74 Å². The third-order valence-corrected chi connectivity index (χ3v) is 3.25. The van der Waals surface area contributed by atoms with Crippen LogP contribution in [-0.4, -0.2) is 45.3 Å². The van der Waals surface area contributed by atoms with Crippen molar-refractivity contribution in [2.24, 2.45) is 0 Å². The normalized spacial score (nSPS) is 10.4. The number of ether oxygens (including phenoxy) is 1. The van der Waals surface area contributed by atoms with Crippen molar-refractivity contribution in [3.8, 4) is 6.07 Å². The summed E-state index contributed by atoms with van der Waals surface area (Å²) in [6, 6.07) is 7.77. The van der Waals surface area contributed by atoms with E-state index in [2.05, 4.69) is 39.3 Å². The molecule has 0 spiro atoms. The largest absolute Gasteiger partial charge is 0.384 e. The number of hydrogen-bond donors (Lipinski definition) is 1. The van der Waals surface area contributed by atoms with Crippen molar-refractivity contribution in [3.05, 3.63) is 28.2 Å². The zero-order chi connectivity index (χ0) is 13.4. The van der Waals surface area contributed by atoms with Crippen molar-refractivity contribution < 1.29 is 4.74 Å². The average molecular weight is 312 g/mol. The molecule has 4 nitrogen and oxygen atoms in total. The maximum Gasteiger partial charge on any atom is 0.100 e. The van der Waals surface area contributed by atoms with Crippen molar-refractivity contribution in [2.75, 3.05) is 45.7 Å². The second-order valence-corrected chi connectivity index (χ2v) is 4.88. The van der Waals surface area contributed by atoms with Gasteiger partial charge in [0.05, 0.1) is 12.2 Å². The molecule has 0 aliphatic heterocycles. The van der Waals surface area contributed by atoms with Gasteiger partial charge in [-0.1, -0.05) is 0 Å². The molecule has 18 heavy (non-hydrogen) atoms. The lowest BCUT2D eigenvalue weighted by Crippen LogP contribution is -2.28. The number of nitrogens with one attached hydrogen (secondary N) is 1. The predicted octanol–water partition coefficient (Wildman–Crippen LogP) is 2.31. The first kappa shape index (κ1) is 15.0. The molecule has 0 heterocycles. The molecule has 0 bridgehead atoms. The van der Waals surface area contributed by atoms with Crippen LogP contribution in [0.25, 0.3) is 0 Å². The summed E-state index contributed by atoms with van der Waals surface area (Å²) < 4.78 is 5.84. The zero-order valence-corrected chi connectivity index (χ0v) is 12.3. The minimum atomic E-state index is 0.651. The number of likely N-dealkylation sites (N-methyl/N-ethyl adjacent to an activating group) is 1. The Morgan fingerprint density at radius 1 is 1.44 bits per heavy atom. The van der Waals surface area contributed by atoms with Crippen molar-refractivity contribution in [1.29, 1.82) is 5.26 Å². The molecule has 0 saturated heterocycles. The zero-order valence-electron chi connectivity index (χ0n) is 10.7. The summed E-state index contributed by atoms with van der Waals surface area (Å²) in [5.74, 6) is 0. The molecular formula is C13H18BrN3O. The van der Waals surface area contributed by atoms with E-state index in [4.69, 9.17) is 10.00 Å². The number of anilines is 1. The predicted molar refractivity (Wildman–Crippen MR) is 76.7 cm³/mol. The maximum absolute atomic E-state index is 8.82. The fourth-order valence-electron chi connectivity index (χ4n) is 1.47. The van der Waals surface area contributed by atoms with Crippen LogP contribution in [0.5, 0.6) is 0 Å². The Morgan fingerprint density at radius 3 is 2.83 bits per heavy atom. The molecule has 1 rings (SSSR count). The number of benzene rings is 1. The van der Waals surface area contributed by atoms with Gasteiger partial charge in [-0.25, -0.2) is 0 Å². The molecule has 0 saturated carbocycles. The van der Waals surface area contributed by atoms with Crippen LogP contribution >= 0.6 is 15.9 Å². The number of rotatable bonds is 7. The second kappa shape index (κ2) is 8.09. The minimum Gasteiger partial charge on any atom is -0.384 e. The average Bonchev–Trinajstić information content (AvgIpc) is 2.36. The molecule has 0 aromatic heterocycles. The number of hydrogen-bond acceptors (Lipinski definition) is 4. The Balaban J connectivity index is 2.36. The van der Waals surface area contributed by atoms with Crippen molar-refractivity contribution in [2.45, 2.75) is 0 Å². The number of nitriles is 1. The fourth-order valence-corrected chi connectivity index (χ4v) is 1.93. The van der Waals surface area contributed by atoms with Gasteiger partial charge in [0, 0.05) is 36.9 Å². The molecule has 0 aliphatic rings. The van der Waals surface area contributed by atoms with Gasteiger partial charge >= 0.3 is 0 Å². The molecule has 1 aromatic rings. The molecule has 98 valence electrons. The standard InChI is InChI=1S/C13H18BrN3O/c1-17(7-8-18-2)6-5-16-12-4-3-11(10-15)13(14)9-12/h3-4,9,16H,5-8H2,1-2H3. The molecule has 0 unspecified atom stereocenters. The van der Waals surface area contributed by atoms with E-state index in [1.807, 2.05) is 12.1 Å². The summed E-state index contributed by atoms with van der Waals surface area (Å²) in [4.78, 5) is 2.20. The molecule has 0 aliphatic carbocycles. The summed E-state index contributed by atoms with van der Waals surface area (Å²) in [6.07, 6.45) is 0. The van der Waals surface area contributed by atoms with E-state index in [0.717, 1.165) is 36.4 Å². The molecule has 0 amide bonds. The van der Waals surface area contributed by atoms with E-state index < -0.39 is 0 Å². The van der Waals surface area contributed by atoms with Crippen molar-refractivity contribution in [1.82, 2.24) is 4.90 Å². The third-order valence-electron chi connectivity index (χ3n) is 2.59. The Kier molecular flexibility index (Phi) is 6.73. The van der Waals surface area contributed by atoms with Crippen LogP contribution in [0.15, 0.2) is 22.7 Å². The summed E-state index contributed by atoms with van der Waals surface area (Å²) in [7, 11) is 3.77. The Morgan fingerprint density at radius 2 is 2.22 bits per heavy atom. The van der Waals surface area contributed by atoms with E-state index in [1.54, 1.807) is 13.2 Å². The summed E-state index contributed by atoms with van der Waals surface area (Å²) >= 11 is 3.37. The highest BCUT2D eigenvalue weighted by molar-refractivity contribution is 9.10. The summed E-state index contributed by atoms with van der Waals surface area (Å²) in [6.45, 7) is 3.48. The van der Waals surface area contributed by atoms with Crippen LogP contribution in [0.4, 0.5) is 5.69 Å². The third kappa shape index (κ3) is 5.05. The molecule has 0 radical (unpaired) electrons. The first-order valence-corrected chi connectivity index (χ1v) is 6.57. The monoisotopic (exact) mass is 311 g/mol. The SMILES string of the molecule is COCCN(C)CCNc1ccc(C#N)c(Br)c1. The van der Waals surface area contributed by atoms with E-state index in [0.29, 0.717) is 5.56 Å². The van der Waals surface area contributed by atoms with Gasteiger partial charge in [0.25, 0.3) is 0 Å². The Bertz CT molecular complexity index is 417. The number of halogens is 1. The molecule has 1 N–H and O–H groups in total. The van der Waals surface area contributed by atoms with Crippen LogP contribution in [0, 0.1) is 11.3 Å². The summed E-state index contributed by atoms with van der Waals surface area (Å²) in [5, 5.41) is 12.1. The number of methoxy groups -OCH3 is 1. The van der Waals surface area contributed by atoms with Crippen molar-refractivity contribution in [3.63, 3.8) is 0 Å². The molecular weight excluding hydrogens is 294 g/mol. The topological polar surface area (TPSA) is 48.3 Å². The van der Waals surface area contributed by atoms with Gasteiger partial charge in [-0.05, 0) is 41.2 Å². The van der Waals surface area contributed by atoms with Crippen molar-refractivity contribution >= 4 is 21.6 Å². The number of nitrogens with zero attached hydrogens (tertiary/aromatic N) is 2. The lowest BCUT2D eigenvalue weighted by Gasteiger charge is -2.16. The highest BCUT2D eigenvalue weighted by Gasteiger charge is 2.01. The van der Waals surface area contributed by atoms with Gasteiger partial charge < -0.3 is 15.0 Å². The first-order chi connectivity index (χ1) is 8.67. The van der Waals surface area contributed by atoms with Gasteiger partial charge in [0.2, 0.25) is 0 Å². The lowest BCUT2D eigenvalue weighted by atomic mass is 10.2. The molecule has 0 fully saturated rings. The Hall–Kier alpha value is -1.09. The minimum absolute atomic E-state index is 0.651. The second-order valence-electron chi connectivity index (χ2n) is 4.03. The Labute approximate surface area is 117 Å². The quantitative estimate of drug-likeness (QED) is 0.839. The highest BCUT2D eigenvalue weighted by Crippen LogP contribution is 2.20. The molecule has 5 heteroatoms. The molecule has 1 aromatic carbocycles. The van der Waals surface area contributed by atoms with E-state index in [1.165, 1.54) is 0 Å². The van der Waals surface area contributed by atoms with Gasteiger partial charge in [-0.2, -0.15) is 5.26 Å². The molecule has 0 atom stereocenters. The first-order valence-electron chi connectivity index (χ1n) is 5.78. The van der Waals surface area contributed by atoms with Crippen LogP contribution in [0.1, 0.15) is 5.56 Å².